The maximum absolute atomic E-state index is 11.5. The van der Waals surface area contributed by atoms with Crippen LogP contribution in [0.3, 0.4) is 0 Å². The number of halogens is 1. The van der Waals surface area contributed by atoms with Gasteiger partial charge in [-0.2, -0.15) is 0 Å². The molecule has 2 rings (SSSR count). The second-order valence-electron chi connectivity index (χ2n) is 5.76. The lowest BCUT2D eigenvalue weighted by molar-refractivity contribution is 0.0947. The van der Waals surface area contributed by atoms with Crippen LogP contribution < -0.4 is 20.9 Å². The molecule has 1 aromatic carbocycles. The number of carbonyl (C=O) groups excluding carboxylic acids is 1. The van der Waals surface area contributed by atoms with E-state index < -0.39 is 5.91 Å². The van der Waals surface area contributed by atoms with Crippen LogP contribution in [-0.2, 0) is 6.54 Å². The summed E-state index contributed by atoms with van der Waals surface area (Å²) in [6.07, 6.45) is 0. The number of anilines is 1. The molecule has 8 heteroatoms. The third-order valence-electron chi connectivity index (χ3n) is 3.58. The Bertz CT molecular complexity index is 780. The van der Waals surface area contributed by atoms with Crippen LogP contribution in [0.5, 0.6) is 5.75 Å². The van der Waals surface area contributed by atoms with Gasteiger partial charge in [-0.1, -0.05) is 22.5 Å². The first kappa shape index (κ1) is 19.9. The van der Waals surface area contributed by atoms with E-state index in [1.165, 1.54) is 0 Å². The summed E-state index contributed by atoms with van der Waals surface area (Å²) < 4.78 is 6.82. The molecule has 0 saturated carbocycles. The summed E-state index contributed by atoms with van der Waals surface area (Å²) in [7, 11) is 0. The fourth-order valence-electron chi connectivity index (χ4n) is 2.26. The molecule has 1 aromatic heterocycles. The van der Waals surface area contributed by atoms with Crippen molar-refractivity contribution in [3.05, 3.63) is 58.2 Å². The number of carbonyl (C=O) groups is 1. The number of amides is 1. The van der Waals surface area contributed by atoms with Crippen molar-refractivity contribution in [3.63, 3.8) is 0 Å². The minimum atomic E-state index is -0.477. The quantitative estimate of drug-likeness (QED) is 0.295. The van der Waals surface area contributed by atoms with Gasteiger partial charge in [-0.05, 0) is 49.8 Å². The molecule has 1 heterocycles. The SMILES string of the molecule is C=C(C)COc1ccc(Br)cc1CN(CC)c1ccc(C(=O)NN)nn1. The first-order chi connectivity index (χ1) is 12.4. The molecule has 0 atom stereocenters. The molecule has 0 aliphatic rings. The predicted octanol–water partition coefficient (Wildman–Crippen LogP) is 2.82. The van der Waals surface area contributed by atoms with E-state index in [4.69, 9.17) is 10.6 Å². The van der Waals surface area contributed by atoms with Crippen molar-refractivity contribution in [3.8, 4) is 5.75 Å². The maximum atomic E-state index is 11.5. The van der Waals surface area contributed by atoms with Crippen LogP contribution in [0.25, 0.3) is 0 Å². The van der Waals surface area contributed by atoms with E-state index in [-0.39, 0.29) is 5.69 Å². The van der Waals surface area contributed by atoms with E-state index in [9.17, 15) is 4.79 Å². The number of nitrogens with two attached hydrogens (primary N) is 1. The summed E-state index contributed by atoms with van der Waals surface area (Å²) in [5, 5.41) is 8.06. The molecule has 1 amide bonds. The molecule has 0 radical (unpaired) electrons. The Morgan fingerprint density at radius 2 is 2.12 bits per heavy atom. The molecule has 7 nitrogen and oxygen atoms in total. The van der Waals surface area contributed by atoms with Crippen LogP contribution in [-0.4, -0.2) is 29.3 Å². The molecule has 26 heavy (non-hydrogen) atoms. The van der Waals surface area contributed by atoms with E-state index in [1.807, 2.05) is 42.4 Å². The fraction of sp³-hybridized carbons (Fsp3) is 0.278. The molecular formula is C18H22BrN5O2. The fourth-order valence-corrected chi connectivity index (χ4v) is 2.67. The summed E-state index contributed by atoms with van der Waals surface area (Å²) in [4.78, 5) is 13.5. The van der Waals surface area contributed by atoms with Gasteiger partial charge in [-0.3, -0.25) is 10.2 Å². The number of benzene rings is 1. The van der Waals surface area contributed by atoms with Crippen molar-refractivity contribution >= 4 is 27.7 Å². The van der Waals surface area contributed by atoms with E-state index in [1.54, 1.807) is 12.1 Å². The lowest BCUT2D eigenvalue weighted by atomic mass is 10.2. The number of rotatable bonds is 8. The van der Waals surface area contributed by atoms with Gasteiger partial charge in [0.2, 0.25) is 0 Å². The van der Waals surface area contributed by atoms with Crippen molar-refractivity contribution in [1.82, 2.24) is 15.6 Å². The Labute approximate surface area is 161 Å². The van der Waals surface area contributed by atoms with Gasteiger partial charge in [0.15, 0.2) is 11.5 Å². The van der Waals surface area contributed by atoms with E-state index in [0.717, 1.165) is 21.4 Å². The van der Waals surface area contributed by atoms with Gasteiger partial charge >= 0.3 is 0 Å². The van der Waals surface area contributed by atoms with Crippen molar-refractivity contribution in [2.45, 2.75) is 20.4 Å². The largest absolute Gasteiger partial charge is 0.489 e. The molecule has 2 aromatic rings. The molecule has 0 bridgehead atoms. The van der Waals surface area contributed by atoms with Gasteiger partial charge in [0, 0.05) is 23.1 Å². The third-order valence-corrected chi connectivity index (χ3v) is 4.07. The van der Waals surface area contributed by atoms with Gasteiger partial charge in [-0.15, -0.1) is 10.2 Å². The topological polar surface area (TPSA) is 93.4 Å². The highest BCUT2D eigenvalue weighted by atomic mass is 79.9. The second kappa shape index (κ2) is 9.30. The van der Waals surface area contributed by atoms with E-state index in [0.29, 0.717) is 25.5 Å². The average Bonchev–Trinajstić information content (AvgIpc) is 2.64. The van der Waals surface area contributed by atoms with Crippen molar-refractivity contribution in [2.24, 2.45) is 5.84 Å². The minimum absolute atomic E-state index is 0.167. The predicted molar refractivity (Wildman–Crippen MR) is 105 cm³/mol. The first-order valence-electron chi connectivity index (χ1n) is 8.09. The van der Waals surface area contributed by atoms with Crippen molar-refractivity contribution < 1.29 is 9.53 Å². The summed E-state index contributed by atoms with van der Waals surface area (Å²) in [6, 6.07) is 9.21. The van der Waals surface area contributed by atoms with Gasteiger partial charge < -0.3 is 9.64 Å². The zero-order chi connectivity index (χ0) is 19.1. The van der Waals surface area contributed by atoms with Crippen LogP contribution in [0.15, 0.2) is 47.0 Å². The van der Waals surface area contributed by atoms with Crippen molar-refractivity contribution in [1.29, 1.82) is 0 Å². The number of nitrogen functional groups attached to an aromatic ring is 1. The van der Waals surface area contributed by atoms with Gasteiger partial charge in [-0.25, -0.2) is 5.84 Å². The minimum Gasteiger partial charge on any atom is -0.489 e. The highest BCUT2D eigenvalue weighted by Crippen LogP contribution is 2.26. The Kier molecular flexibility index (Phi) is 7.11. The second-order valence-corrected chi connectivity index (χ2v) is 6.68. The van der Waals surface area contributed by atoms with Crippen molar-refractivity contribution in [2.75, 3.05) is 18.1 Å². The van der Waals surface area contributed by atoms with Gasteiger partial charge in [0.1, 0.15) is 12.4 Å². The summed E-state index contributed by atoms with van der Waals surface area (Å²) in [5.74, 6) is 6.08. The zero-order valence-electron chi connectivity index (χ0n) is 14.8. The van der Waals surface area contributed by atoms with Crippen LogP contribution in [0.4, 0.5) is 5.82 Å². The van der Waals surface area contributed by atoms with E-state index >= 15 is 0 Å². The number of hydrogen-bond acceptors (Lipinski definition) is 6. The summed E-state index contributed by atoms with van der Waals surface area (Å²) in [6.45, 7) is 9.57. The van der Waals surface area contributed by atoms with Crippen LogP contribution >= 0.6 is 15.9 Å². The molecule has 0 spiro atoms. The smallest absolute Gasteiger partial charge is 0.285 e. The molecule has 0 fully saturated rings. The lowest BCUT2D eigenvalue weighted by Gasteiger charge is -2.23. The molecule has 0 saturated heterocycles. The molecule has 0 unspecified atom stereocenters. The average molecular weight is 420 g/mol. The van der Waals surface area contributed by atoms with Crippen LogP contribution in [0, 0.1) is 0 Å². The number of nitrogens with zero attached hydrogens (tertiary/aromatic N) is 3. The number of nitrogens with one attached hydrogen (secondary N) is 1. The van der Waals surface area contributed by atoms with Gasteiger partial charge in [0.25, 0.3) is 5.91 Å². The molecular weight excluding hydrogens is 398 g/mol. The number of hydrogen-bond donors (Lipinski definition) is 2. The number of hydrazine groups is 1. The highest BCUT2D eigenvalue weighted by Gasteiger charge is 2.13. The Hall–Kier alpha value is -2.45. The summed E-state index contributed by atoms with van der Waals surface area (Å²) in [5.41, 5.74) is 4.16. The van der Waals surface area contributed by atoms with E-state index in [2.05, 4.69) is 32.7 Å². The molecule has 0 aliphatic carbocycles. The standard InChI is InChI=1S/C18H22BrN5O2/c1-4-24(17-8-6-15(22-23-17)18(25)21-20)10-13-9-14(19)5-7-16(13)26-11-12(2)3/h5-9H,2,4,10-11,20H2,1,3H3,(H,21,25). The zero-order valence-corrected chi connectivity index (χ0v) is 16.4. The molecule has 0 aliphatic heterocycles. The van der Waals surface area contributed by atoms with Crippen LogP contribution in [0.2, 0.25) is 0 Å². The Morgan fingerprint density at radius 3 is 2.69 bits per heavy atom. The molecule has 3 N–H and O–H groups in total. The summed E-state index contributed by atoms with van der Waals surface area (Å²) >= 11 is 3.50. The van der Waals surface area contributed by atoms with Crippen LogP contribution in [0.1, 0.15) is 29.9 Å². The Morgan fingerprint density at radius 1 is 1.35 bits per heavy atom. The maximum Gasteiger partial charge on any atom is 0.285 e. The number of ether oxygens (including phenoxy) is 1. The normalized spacial score (nSPS) is 10.3. The number of aromatic nitrogens is 2. The highest BCUT2D eigenvalue weighted by molar-refractivity contribution is 9.10. The van der Waals surface area contributed by atoms with Gasteiger partial charge in [0.05, 0.1) is 0 Å². The first-order valence-corrected chi connectivity index (χ1v) is 8.89. The third kappa shape index (κ3) is 5.27. The Balaban J connectivity index is 2.22. The lowest BCUT2D eigenvalue weighted by Crippen LogP contribution is -2.31. The molecule has 138 valence electrons. The monoisotopic (exact) mass is 419 g/mol.